The SMILES string of the molecule is C[C@H](Cc1c(F)cc(CCc2ccc(-c3ccc(Cl)cc3)cc2)cc1F)c1ccccc1. The monoisotopic (exact) mass is 446 g/mol. The van der Waals surface area contributed by atoms with Crippen LogP contribution in [0.25, 0.3) is 11.1 Å². The first-order valence-electron chi connectivity index (χ1n) is 10.9. The van der Waals surface area contributed by atoms with E-state index in [9.17, 15) is 8.78 Å². The summed E-state index contributed by atoms with van der Waals surface area (Å²) in [6.07, 6.45) is 1.65. The Balaban J connectivity index is 1.41. The number of rotatable bonds is 7. The molecule has 0 saturated heterocycles. The van der Waals surface area contributed by atoms with Gasteiger partial charge in [-0.15, -0.1) is 0 Å². The third kappa shape index (κ3) is 5.44. The first kappa shape index (κ1) is 22.2. The Morgan fingerprint density at radius 2 is 1.22 bits per heavy atom. The minimum atomic E-state index is -0.458. The molecular formula is C29H25ClF2. The normalized spacial score (nSPS) is 12.0. The molecule has 0 fully saturated rings. The minimum Gasteiger partial charge on any atom is -0.207 e. The molecule has 0 aliphatic heterocycles. The molecule has 0 spiro atoms. The van der Waals surface area contributed by atoms with Gasteiger partial charge in [0.2, 0.25) is 0 Å². The van der Waals surface area contributed by atoms with Crippen molar-refractivity contribution in [1.29, 1.82) is 0 Å². The van der Waals surface area contributed by atoms with Gasteiger partial charge in [0.25, 0.3) is 0 Å². The maximum absolute atomic E-state index is 14.7. The number of halogens is 3. The maximum atomic E-state index is 14.7. The van der Waals surface area contributed by atoms with Crippen LogP contribution in [0.2, 0.25) is 5.02 Å². The lowest BCUT2D eigenvalue weighted by atomic mass is 9.92. The molecule has 0 radical (unpaired) electrons. The Morgan fingerprint density at radius 3 is 1.81 bits per heavy atom. The molecule has 0 amide bonds. The molecule has 0 saturated carbocycles. The number of aryl methyl sites for hydroxylation is 2. The van der Waals surface area contributed by atoms with E-state index in [2.05, 4.69) is 24.3 Å². The second-order valence-electron chi connectivity index (χ2n) is 8.26. The fourth-order valence-electron chi connectivity index (χ4n) is 4.00. The molecule has 0 bridgehead atoms. The van der Waals surface area contributed by atoms with Crippen LogP contribution in [0.4, 0.5) is 8.78 Å². The highest BCUT2D eigenvalue weighted by Crippen LogP contribution is 2.26. The van der Waals surface area contributed by atoms with Crippen LogP contribution in [0.15, 0.2) is 91.0 Å². The third-order valence-corrected chi connectivity index (χ3v) is 6.17. The lowest BCUT2D eigenvalue weighted by molar-refractivity contribution is 0.540. The molecule has 0 unspecified atom stereocenters. The van der Waals surface area contributed by atoms with Crippen LogP contribution in [-0.4, -0.2) is 0 Å². The summed E-state index contributed by atoms with van der Waals surface area (Å²) in [6.45, 7) is 2.00. The summed E-state index contributed by atoms with van der Waals surface area (Å²) in [7, 11) is 0. The van der Waals surface area contributed by atoms with E-state index >= 15 is 0 Å². The quantitative estimate of drug-likeness (QED) is 0.267. The van der Waals surface area contributed by atoms with Gasteiger partial charge >= 0.3 is 0 Å². The zero-order valence-corrected chi connectivity index (χ0v) is 18.7. The second-order valence-corrected chi connectivity index (χ2v) is 8.69. The Labute approximate surface area is 193 Å². The highest BCUT2D eigenvalue weighted by Gasteiger charge is 2.15. The summed E-state index contributed by atoms with van der Waals surface area (Å²) in [6, 6.07) is 28.8. The van der Waals surface area contributed by atoms with Crippen molar-refractivity contribution < 1.29 is 8.78 Å². The van der Waals surface area contributed by atoms with Crippen molar-refractivity contribution in [1.82, 2.24) is 0 Å². The third-order valence-electron chi connectivity index (χ3n) is 5.91. The molecule has 0 nitrogen and oxygen atoms in total. The lowest BCUT2D eigenvalue weighted by Crippen LogP contribution is -2.05. The molecule has 4 aromatic carbocycles. The summed E-state index contributed by atoms with van der Waals surface area (Å²) in [5, 5.41) is 0.713. The Bertz CT molecular complexity index is 1140. The van der Waals surface area contributed by atoms with Crippen molar-refractivity contribution in [2.24, 2.45) is 0 Å². The van der Waals surface area contributed by atoms with E-state index in [-0.39, 0.29) is 11.5 Å². The molecule has 0 aliphatic carbocycles. The van der Waals surface area contributed by atoms with E-state index in [0.29, 0.717) is 23.4 Å². The van der Waals surface area contributed by atoms with Crippen LogP contribution >= 0.6 is 11.6 Å². The standard InChI is InChI=1S/C29H25ClF2/c1-20(23-5-3-2-4-6-23)17-27-28(31)18-22(19-29(27)32)8-7-21-9-11-24(12-10-21)25-13-15-26(30)16-14-25/h2-6,9-16,18-20H,7-8,17H2,1H3/t20-/m1/s1. The van der Waals surface area contributed by atoms with E-state index in [1.165, 1.54) is 12.1 Å². The highest BCUT2D eigenvalue weighted by molar-refractivity contribution is 6.30. The largest absolute Gasteiger partial charge is 0.207 e. The predicted octanol–water partition coefficient (Wildman–Crippen LogP) is 8.42. The van der Waals surface area contributed by atoms with Crippen molar-refractivity contribution in [3.05, 3.63) is 130 Å². The van der Waals surface area contributed by atoms with E-state index in [0.717, 1.165) is 28.7 Å². The van der Waals surface area contributed by atoms with Gasteiger partial charge in [0.15, 0.2) is 0 Å². The molecule has 32 heavy (non-hydrogen) atoms. The van der Waals surface area contributed by atoms with Crippen molar-refractivity contribution in [3.63, 3.8) is 0 Å². The van der Waals surface area contributed by atoms with E-state index in [4.69, 9.17) is 11.6 Å². The van der Waals surface area contributed by atoms with Gasteiger partial charge in [-0.3, -0.25) is 0 Å². The van der Waals surface area contributed by atoms with E-state index in [1.807, 2.05) is 61.5 Å². The van der Waals surface area contributed by atoms with Gasteiger partial charge in [0.1, 0.15) is 11.6 Å². The fourth-order valence-corrected chi connectivity index (χ4v) is 4.12. The van der Waals surface area contributed by atoms with E-state index < -0.39 is 11.6 Å². The molecule has 3 heteroatoms. The summed E-state index contributed by atoms with van der Waals surface area (Å²) in [5.74, 6) is -0.869. The number of benzene rings is 4. The van der Waals surface area contributed by atoms with Crippen molar-refractivity contribution >= 4 is 11.6 Å². The average molecular weight is 447 g/mol. The molecule has 0 aliphatic rings. The summed E-state index contributed by atoms with van der Waals surface area (Å²) < 4.78 is 29.5. The van der Waals surface area contributed by atoms with Gasteiger partial charge < -0.3 is 0 Å². The van der Waals surface area contributed by atoms with Gasteiger partial charge in [-0.1, -0.05) is 85.3 Å². The van der Waals surface area contributed by atoms with Gasteiger partial charge in [0, 0.05) is 10.6 Å². The van der Waals surface area contributed by atoms with Crippen molar-refractivity contribution in [2.75, 3.05) is 0 Å². The topological polar surface area (TPSA) is 0 Å². The molecule has 0 N–H and O–H groups in total. The first-order valence-corrected chi connectivity index (χ1v) is 11.2. The molecule has 4 aromatic rings. The first-order chi connectivity index (χ1) is 15.5. The number of hydrogen-bond donors (Lipinski definition) is 0. The minimum absolute atomic E-state index is 0.0465. The fraction of sp³-hybridized carbons (Fsp3) is 0.172. The molecule has 162 valence electrons. The van der Waals surface area contributed by atoms with Gasteiger partial charge in [-0.05, 0) is 77.3 Å². The second kappa shape index (κ2) is 10.1. The number of hydrogen-bond acceptors (Lipinski definition) is 0. The van der Waals surface area contributed by atoms with Crippen LogP contribution in [0, 0.1) is 11.6 Å². The molecule has 0 aromatic heterocycles. The Morgan fingerprint density at radius 1 is 0.688 bits per heavy atom. The predicted molar refractivity (Wildman–Crippen MR) is 129 cm³/mol. The molecule has 4 rings (SSSR count). The van der Waals surface area contributed by atoms with Crippen LogP contribution in [0.5, 0.6) is 0 Å². The summed E-state index contributed by atoms with van der Waals surface area (Å²) in [5.41, 5.74) is 5.27. The van der Waals surface area contributed by atoms with Crippen LogP contribution in [0.1, 0.15) is 35.1 Å². The zero-order valence-electron chi connectivity index (χ0n) is 18.0. The average Bonchev–Trinajstić information content (AvgIpc) is 2.81. The van der Waals surface area contributed by atoms with Gasteiger partial charge in [-0.25, -0.2) is 8.78 Å². The van der Waals surface area contributed by atoms with Crippen LogP contribution in [-0.2, 0) is 19.3 Å². The highest BCUT2D eigenvalue weighted by atomic mass is 35.5. The van der Waals surface area contributed by atoms with Crippen LogP contribution in [0.3, 0.4) is 0 Å². The summed E-state index contributed by atoms with van der Waals surface area (Å²) in [4.78, 5) is 0. The Hall–Kier alpha value is -2.97. The molecule has 0 heterocycles. The van der Waals surface area contributed by atoms with Crippen LogP contribution < -0.4 is 0 Å². The maximum Gasteiger partial charge on any atom is 0.129 e. The van der Waals surface area contributed by atoms with Gasteiger partial charge in [0.05, 0.1) is 0 Å². The smallest absolute Gasteiger partial charge is 0.129 e. The zero-order chi connectivity index (χ0) is 22.5. The van der Waals surface area contributed by atoms with Crippen molar-refractivity contribution in [2.45, 2.75) is 32.1 Å². The van der Waals surface area contributed by atoms with Gasteiger partial charge in [-0.2, -0.15) is 0 Å². The Kier molecular flexibility index (Phi) is 7.02. The summed E-state index contributed by atoms with van der Waals surface area (Å²) >= 11 is 5.96. The molecular weight excluding hydrogens is 422 g/mol. The van der Waals surface area contributed by atoms with Crippen molar-refractivity contribution in [3.8, 4) is 11.1 Å². The lowest BCUT2D eigenvalue weighted by Gasteiger charge is -2.14. The van der Waals surface area contributed by atoms with E-state index in [1.54, 1.807) is 0 Å². The molecule has 1 atom stereocenters.